The standard InChI is InChI=1S/C13H17N3OS/c1-2-10(8-13(14)16-17)15-11-3-4-12-9(7-11)5-6-18-12/h3-7,10,15,17H,2,8H2,1H3,(H2,14,16). The lowest BCUT2D eigenvalue weighted by Gasteiger charge is -2.17. The van der Waals surface area contributed by atoms with E-state index in [4.69, 9.17) is 10.9 Å². The summed E-state index contributed by atoms with van der Waals surface area (Å²) in [6.07, 6.45) is 1.45. The quantitative estimate of drug-likeness (QED) is 0.336. The number of nitrogens with one attached hydrogen (secondary N) is 1. The molecular weight excluding hydrogens is 246 g/mol. The largest absolute Gasteiger partial charge is 0.409 e. The first kappa shape index (κ1) is 12.7. The van der Waals surface area contributed by atoms with Crippen molar-refractivity contribution < 1.29 is 5.21 Å². The first-order chi connectivity index (χ1) is 8.72. The topological polar surface area (TPSA) is 70.6 Å². The third-order valence-electron chi connectivity index (χ3n) is 2.90. The Kier molecular flexibility index (Phi) is 4.04. The highest BCUT2D eigenvalue weighted by atomic mass is 32.1. The van der Waals surface area contributed by atoms with Gasteiger partial charge in [0.05, 0.1) is 0 Å². The summed E-state index contributed by atoms with van der Waals surface area (Å²) in [5.74, 6) is 0.256. The first-order valence-corrected chi connectivity index (χ1v) is 6.81. The van der Waals surface area contributed by atoms with Gasteiger partial charge in [0.1, 0.15) is 5.84 Å². The monoisotopic (exact) mass is 263 g/mol. The Labute approximate surface area is 110 Å². The van der Waals surface area contributed by atoms with Gasteiger partial charge in [-0.15, -0.1) is 11.3 Å². The van der Waals surface area contributed by atoms with Crippen molar-refractivity contribution in [3.63, 3.8) is 0 Å². The molecule has 0 aliphatic heterocycles. The summed E-state index contributed by atoms with van der Waals surface area (Å²) in [6, 6.07) is 8.58. The molecule has 1 aromatic carbocycles. The van der Waals surface area contributed by atoms with E-state index in [-0.39, 0.29) is 11.9 Å². The average molecular weight is 263 g/mol. The molecule has 0 amide bonds. The summed E-state index contributed by atoms with van der Waals surface area (Å²) < 4.78 is 1.28. The minimum absolute atomic E-state index is 0.178. The van der Waals surface area contributed by atoms with Crippen LogP contribution in [0, 0.1) is 0 Å². The lowest BCUT2D eigenvalue weighted by Crippen LogP contribution is -2.26. The van der Waals surface area contributed by atoms with Gasteiger partial charge in [0.15, 0.2) is 0 Å². The highest BCUT2D eigenvalue weighted by Crippen LogP contribution is 2.24. The predicted molar refractivity (Wildman–Crippen MR) is 77.6 cm³/mol. The third-order valence-corrected chi connectivity index (χ3v) is 3.80. The summed E-state index contributed by atoms with van der Waals surface area (Å²) in [6.45, 7) is 2.07. The van der Waals surface area contributed by atoms with Crippen LogP contribution in [0.1, 0.15) is 19.8 Å². The first-order valence-electron chi connectivity index (χ1n) is 5.93. The highest BCUT2D eigenvalue weighted by molar-refractivity contribution is 7.17. The fraction of sp³-hybridized carbons (Fsp3) is 0.308. The number of hydrogen-bond acceptors (Lipinski definition) is 4. The van der Waals surface area contributed by atoms with Crippen molar-refractivity contribution in [2.75, 3.05) is 5.32 Å². The Morgan fingerprint density at radius 2 is 2.33 bits per heavy atom. The number of benzene rings is 1. The zero-order valence-electron chi connectivity index (χ0n) is 10.3. The fourth-order valence-electron chi connectivity index (χ4n) is 1.88. The highest BCUT2D eigenvalue weighted by Gasteiger charge is 2.09. The molecule has 0 aliphatic rings. The maximum absolute atomic E-state index is 8.60. The van der Waals surface area contributed by atoms with Crippen molar-refractivity contribution in [3.8, 4) is 0 Å². The van der Waals surface area contributed by atoms with Crippen molar-refractivity contribution in [2.45, 2.75) is 25.8 Å². The molecule has 1 unspecified atom stereocenters. The van der Waals surface area contributed by atoms with Gasteiger partial charge in [-0.05, 0) is 41.5 Å². The molecule has 1 heterocycles. The lowest BCUT2D eigenvalue weighted by atomic mass is 10.1. The second-order valence-electron chi connectivity index (χ2n) is 4.22. The Hall–Kier alpha value is -1.75. The molecule has 0 spiro atoms. The van der Waals surface area contributed by atoms with Gasteiger partial charge in [-0.3, -0.25) is 0 Å². The van der Waals surface area contributed by atoms with E-state index >= 15 is 0 Å². The SMILES string of the molecule is CCC(CC(N)=NO)Nc1ccc2sccc2c1. The van der Waals surface area contributed by atoms with Crippen LogP contribution in [0.3, 0.4) is 0 Å². The van der Waals surface area contributed by atoms with Crippen LogP contribution in [0.4, 0.5) is 5.69 Å². The number of amidine groups is 1. The number of nitrogens with two attached hydrogens (primary N) is 1. The van der Waals surface area contributed by atoms with Crippen molar-refractivity contribution in [1.29, 1.82) is 0 Å². The van der Waals surface area contributed by atoms with Gasteiger partial charge in [-0.2, -0.15) is 0 Å². The van der Waals surface area contributed by atoms with Gasteiger partial charge >= 0.3 is 0 Å². The van der Waals surface area contributed by atoms with Crippen LogP contribution in [-0.4, -0.2) is 17.1 Å². The Balaban J connectivity index is 2.10. The number of fused-ring (bicyclic) bond motifs is 1. The number of nitrogens with zero attached hydrogens (tertiary/aromatic N) is 1. The van der Waals surface area contributed by atoms with Crippen molar-refractivity contribution >= 4 is 32.9 Å². The lowest BCUT2D eigenvalue weighted by molar-refractivity contribution is 0.316. The predicted octanol–water partition coefficient (Wildman–Crippen LogP) is 3.23. The average Bonchev–Trinajstić information content (AvgIpc) is 2.85. The van der Waals surface area contributed by atoms with E-state index in [1.807, 2.05) is 0 Å². The summed E-state index contributed by atoms with van der Waals surface area (Å²) in [4.78, 5) is 0. The molecule has 0 saturated carbocycles. The van der Waals surface area contributed by atoms with E-state index in [0.717, 1.165) is 12.1 Å². The molecule has 0 saturated heterocycles. The molecule has 96 valence electrons. The van der Waals surface area contributed by atoms with E-state index < -0.39 is 0 Å². The van der Waals surface area contributed by atoms with Crippen molar-refractivity contribution in [3.05, 3.63) is 29.6 Å². The summed E-state index contributed by atoms with van der Waals surface area (Å²) in [5, 5.41) is 18.3. The third kappa shape index (κ3) is 2.92. The van der Waals surface area contributed by atoms with Gasteiger partial charge < -0.3 is 16.3 Å². The Morgan fingerprint density at radius 3 is 3.06 bits per heavy atom. The van der Waals surface area contributed by atoms with Crippen LogP contribution < -0.4 is 11.1 Å². The maximum Gasteiger partial charge on any atom is 0.141 e. The van der Waals surface area contributed by atoms with Crippen LogP contribution >= 0.6 is 11.3 Å². The smallest absolute Gasteiger partial charge is 0.141 e. The zero-order valence-corrected chi connectivity index (χ0v) is 11.1. The van der Waals surface area contributed by atoms with Gasteiger partial charge in [0.25, 0.3) is 0 Å². The van der Waals surface area contributed by atoms with E-state index in [1.165, 1.54) is 10.1 Å². The van der Waals surface area contributed by atoms with Crippen LogP contribution in [0.15, 0.2) is 34.8 Å². The second-order valence-corrected chi connectivity index (χ2v) is 5.17. The second kappa shape index (κ2) is 5.73. The van der Waals surface area contributed by atoms with E-state index in [9.17, 15) is 0 Å². The molecule has 0 bridgehead atoms. The van der Waals surface area contributed by atoms with E-state index in [2.05, 4.69) is 47.0 Å². The van der Waals surface area contributed by atoms with Crippen molar-refractivity contribution in [1.82, 2.24) is 0 Å². The molecule has 2 aromatic rings. The number of anilines is 1. The number of rotatable bonds is 5. The molecular formula is C13H17N3OS. The number of oxime groups is 1. The van der Waals surface area contributed by atoms with E-state index in [0.29, 0.717) is 6.42 Å². The fourth-order valence-corrected chi connectivity index (χ4v) is 2.65. The molecule has 2 rings (SSSR count). The molecule has 5 heteroatoms. The van der Waals surface area contributed by atoms with Gasteiger partial charge in [-0.1, -0.05) is 12.1 Å². The molecule has 18 heavy (non-hydrogen) atoms. The number of thiophene rings is 1. The van der Waals surface area contributed by atoms with Crippen molar-refractivity contribution in [2.24, 2.45) is 10.9 Å². The van der Waals surface area contributed by atoms with Crippen LogP contribution in [0.2, 0.25) is 0 Å². The number of hydrogen-bond donors (Lipinski definition) is 3. The summed E-state index contributed by atoms with van der Waals surface area (Å²) >= 11 is 1.73. The molecule has 4 N–H and O–H groups in total. The van der Waals surface area contributed by atoms with E-state index in [1.54, 1.807) is 11.3 Å². The van der Waals surface area contributed by atoms with Crippen LogP contribution in [0.25, 0.3) is 10.1 Å². The van der Waals surface area contributed by atoms with Gasteiger partial charge in [0.2, 0.25) is 0 Å². The minimum Gasteiger partial charge on any atom is -0.409 e. The van der Waals surface area contributed by atoms with Crippen LogP contribution in [0.5, 0.6) is 0 Å². The zero-order chi connectivity index (χ0) is 13.0. The molecule has 0 fully saturated rings. The Morgan fingerprint density at radius 1 is 1.50 bits per heavy atom. The molecule has 0 aliphatic carbocycles. The minimum atomic E-state index is 0.178. The van der Waals surface area contributed by atoms with Gasteiger partial charge in [0, 0.05) is 22.8 Å². The molecule has 0 radical (unpaired) electrons. The Bertz CT molecular complexity index is 550. The van der Waals surface area contributed by atoms with Gasteiger partial charge in [-0.25, -0.2) is 0 Å². The normalized spacial score (nSPS) is 13.7. The summed E-state index contributed by atoms with van der Waals surface area (Å²) in [7, 11) is 0. The molecule has 1 atom stereocenters. The maximum atomic E-state index is 8.60. The molecule has 1 aromatic heterocycles. The summed E-state index contributed by atoms with van der Waals surface area (Å²) in [5.41, 5.74) is 6.61. The molecule has 4 nitrogen and oxygen atoms in total. The van der Waals surface area contributed by atoms with Crippen LogP contribution in [-0.2, 0) is 0 Å².